The molecule has 20 heavy (non-hydrogen) atoms. The highest BCUT2D eigenvalue weighted by Gasteiger charge is 2.28. The smallest absolute Gasteiger partial charge is 0.256 e. The van der Waals surface area contributed by atoms with Gasteiger partial charge in [0.05, 0.1) is 5.56 Å². The number of likely N-dealkylation sites (N-methyl/N-ethyl adjacent to an activating group) is 1. The van der Waals surface area contributed by atoms with Crippen molar-refractivity contribution in [3.8, 4) is 0 Å². The van der Waals surface area contributed by atoms with Gasteiger partial charge in [-0.1, -0.05) is 12.8 Å². The standard InChI is InChI=1S/C15H22BrN3O/c1-18(2)10-11-19(12-6-3-4-7-12)15(20)13-8-5-9-17-14(13)16/h5,8-9,12H,3-4,6-7,10-11H2,1-2H3. The third kappa shape index (κ3) is 3.79. The number of hydrogen-bond donors (Lipinski definition) is 0. The Labute approximate surface area is 129 Å². The second-order valence-corrected chi connectivity index (χ2v) is 6.33. The van der Waals surface area contributed by atoms with Crippen LogP contribution in [0, 0.1) is 0 Å². The number of pyridine rings is 1. The third-order valence-electron chi connectivity index (χ3n) is 3.80. The number of nitrogens with zero attached hydrogens (tertiary/aromatic N) is 3. The van der Waals surface area contributed by atoms with E-state index in [2.05, 4.69) is 25.8 Å². The van der Waals surface area contributed by atoms with Crippen molar-refractivity contribution >= 4 is 21.8 Å². The van der Waals surface area contributed by atoms with Crippen molar-refractivity contribution < 1.29 is 4.79 Å². The molecule has 0 N–H and O–H groups in total. The molecule has 1 amide bonds. The summed E-state index contributed by atoms with van der Waals surface area (Å²) in [4.78, 5) is 21.1. The number of aromatic nitrogens is 1. The summed E-state index contributed by atoms with van der Waals surface area (Å²) in [7, 11) is 4.08. The first-order valence-electron chi connectivity index (χ1n) is 7.16. The number of carbonyl (C=O) groups is 1. The lowest BCUT2D eigenvalue weighted by atomic mass is 10.1. The number of amides is 1. The molecule has 0 saturated heterocycles. The van der Waals surface area contributed by atoms with Crippen molar-refractivity contribution in [2.45, 2.75) is 31.7 Å². The van der Waals surface area contributed by atoms with Crippen LogP contribution in [0.1, 0.15) is 36.0 Å². The molecule has 0 aliphatic heterocycles. The van der Waals surface area contributed by atoms with Crippen molar-refractivity contribution in [3.63, 3.8) is 0 Å². The Morgan fingerprint density at radius 2 is 2.05 bits per heavy atom. The second-order valence-electron chi connectivity index (χ2n) is 5.58. The monoisotopic (exact) mass is 339 g/mol. The van der Waals surface area contributed by atoms with Crippen LogP contribution in [0.15, 0.2) is 22.9 Å². The normalized spacial score (nSPS) is 15.8. The number of carbonyl (C=O) groups excluding carboxylic acids is 1. The molecule has 1 aliphatic carbocycles. The van der Waals surface area contributed by atoms with Crippen molar-refractivity contribution in [1.29, 1.82) is 0 Å². The van der Waals surface area contributed by atoms with E-state index in [0.717, 1.165) is 25.9 Å². The SMILES string of the molecule is CN(C)CCN(C(=O)c1cccnc1Br)C1CCCC1. The summed E-state index contributed by atoms with van der Waals surface area (Å²) in [5.41, 5.74) is 0.665. The molecular formula is C15H22BrN3O. The largest absolute Gasteiger partial charge is 0.334 e. The van der Waals surface area contributed by atoms with Crippen LogP contribution in [-0.2, 0) is 0 Å². The Hall–Kier alpha value is -0.940. The minimum absolute atomic E-state index is 0.0960. The van der Waals surface area contributed by atoms with E-state index in [1.165, 1.54) is 12.8 Å². The van der Waals surface area contributed by atoms with Crippen LogP contribution in [0.5, 0.6) is 0 Å². The first kappa shape index (κ1) is 15.4. The van der Waals surface area contributed by atoms with Crippen LogP contribution in [0.4, 0.5) is 0 Å². The average molecular weight is 340 g/mol. The van der Waals surface area contributed by atoms with E-state index in [1.807, 2.05) is 31.1 Å². The van der Waals surface area contributed by atoms with Crippen molar-refractivity contribution in [3.05, 3.63) is 28.5 Å². The highest BCUT2D eigenvalue weighted by molar-refractivity contribution is 9.10. The Kier molecular flexibility index (Phi) is 5.54. The molecule has 1 heterocycles. The van der Waals surface area contributed by atoms with Gasteiger partial charge in [0, 0.05) is 25.3 Å². The first-order chi connectivity index (χ1) is 9.59. The number of halogens is 1. The molecule has 1 aromatic rings. The molecule has 0 spiro atoms. The van der Waals surface area contributed by atoms with Crippen LogP contribution in [0.25, 0.3) is 0 Å². The van der Waals surface area contributed by atoms with Crippen molar-refractivity contribution in [2.75, 3.05) is 27.2 Å². The van der Waals surface area contributed by atoms with Gasteiger partial charge in [0.1, 0.15) is 4.60 Å². The summed E-state index contributed by atoms with van der Waals surface area (Å²) in [5, 5.41) is 0. The molecule has 0 bridgehead atoms. The maximum absolute atomic E-state index is 12.8. The fraction of sp³-hybridized carbons (Fsp3) is 0.600. The molecule has 1 aliphatic rings. The maximum Gasteiger partial charge on any atom is 0.256 e. The Bertz CT molecular complexity index is 458. The predicted octanol–water partition coefficient (Wildman–Crippen LogP) is 2.79. The summed E-state index contributed by atoms with van der Waals surface area (Å²) in [6.07, 6.45) is 6.39. The van der Waals surface area contributed by atoms with E-state index in [9.17, 15) is 4.79 Å². The van der Waals surface area contributed by atoms with E-state index in [4.69, 9.17) is 0 Å². The zero-order valence-electron chi connectivity index (χ0n) is 12.2. The zero-order chi connectivity index (χ0) is 14.5. The Morgan fingerprint density at radius 3 is 2.65 bits per heavy atom. The highest BCUT2D eigenvalue weighted by Crippen LogP contribution is 2.26. The van der Waals surface area contributed by atoms with Gasteiger partial charge in [-0.2, -0.15) is 0 Å². The highest BCUT2D eigenvalue weighted by atomic mass is 79.9. The van der Waals surface area contributed by atoms with Gasteiger partial charge in [0.15, 0.2) is 0 Å². The zero-order valence-corrected chi connectivity index (χ0v) is 13.8. The number of rotatable bonds is 5. The lowest BCUT2D eigenvalue weighted by Crippen LogP contribution is -2.42. The van der Waals surface area contributed by atoms with Gasteiger partial charge in [-0.05, 0) is 55.0 Å². The van der Waals surface area contributed by atoms with Gasteiger partial charge in [-0.15, -0.1) is 0 Å². The van der Waals surface area contributed by atoms with Gasteiger partial charge in [-0.3, -0.25) is 4.79 Å². The fourth-order valence-corrected chi connectivity index (χ4v) is 3.09. The van der Waals surface area contributed by atoms with Crippen LogP contribution < -0.4 is 0 Å². The van der Waals surface area contributed by atoms with Gasteiger partial charge in [0.25, 0.3) is 5.91 Å². The molecule has 0 unspecified atom stereocenters. The molecule has 0 atom stereocenters. The summed E-state index contributed by atoms with van der Waals surface area (Å²) in [6.45, 7) is 1.66. The van der Waals surface area contributed by atoms with Crippen LogP contribution in [0.2, 0.25) is 0 Å². The lowest BCUT2D eigenvalue weighted by molar-refractivity contribution is 0.0666. The van der Waals surface area contributed by atoms with Crippen LogP contribution in [-0.4, -0.2) is 53.9 Å². The minimum Gasteiger partial charge on any atom is -0.334 e. The molecule has 1 saturated carbocycles. The quantitative estimate of drug-likeness (QED) is 0.774. The summed E-state index contributed by atoms with van der Waals surface area (Å²) in [5.74, 6) is 0.0960. The van der Waals surface area contributed by atoms with Crippen molar-refractivity contribution in [2.24, 2.45) is 0 Å². The van der Waals surface area contributed by atoms with E-state index in [0.29, 0.717) is 16.2 Å². The maximum atomic E-state index is 12.8. The molecule has 110 valence electrons. The fourth-order valence-electron chi connectivity index (χ4n) is 2.67. The molecule has 4 nitrogen and oxygen atoms in total. The summed E-state index contributed by atoms with van der Waals surface area (Å²) < 4.78 is 0.637. The summed E-state index contributed by atoms with van der Waals surface area (Å²) in [6, 6.07) is 4.04. The molecule has 5 heteroatoms. The molecule has 2 rings (SSSR count). The molecule has 1 fully saturated rings. The van der Waals surface area contributed by atoms with E-state index >= 15 is 0 Å². The first-order valence-corrected chi connectivity index (χ1v) is 7.95. The molecule has 0 aromatic carbocycles. The molecule has 1 aromatic heterocycles. The van der Waals surface area contributed by atoms with E-state index in [1.54, 1.807) is 6.20 Å². The Balaban J connectivity index is 2.16. The summed E-state index contributed by atoms with van der Waals surface area (Å²) >= 11 is 3.38. The Morgan fingerprint density at radius 1 is 1.35 bits per heavy atom. The lowest BCUT2D eigenvalue weighted by Gasteiger charge is -2.30. The van der Waals surface area contributed by atoms with E-state index < -0.39 is 0 Å². The topological polar surface area (TPSA) is 36.4 Å². The van der Waals surface area contributed by atoms with Gasteiger partial charge < -0.3 is 9.80 Å². The van der Waals surface area contributed by atoms with Gasteiger partial charge in [0.2, 0.25) is 0 Å². The molecule has 0 radical (unpaired) electrons. The van der Waals surface area contributed by atoms with Crippen molar-refractivity contribution in [1.82, 2.24) is 14.8 Å². The third-order valence-corrected chi connectivity index (χ3v) is 4.44. The molecular weight excluding hydrogens is 318 g/mol. The van der Waals surface area contributed by atoms with Crippen LogP contribution >= 0.6 is 15.9 Å². The second kappa shape index (κ2) is 7.18. The number of hydrogen-bond acceptors (Lipinski definition) is 3. The van der Waals surface area contributed by atoms with Gasteiger partial charge >= 0.3 is 0 Å². The van der Waals surface area contributed by atoms with Crippen LogP contribution in [0.3, 0.4) is 0 Å². The average Bonchev–Trinajstić information content (AvgIpc) is 2.93. The van der Waals surface area contributed by atoms with Gasteiger partial charge in [-0.25, -0.2) is 4.98 Å². The van der Waals surface area contributed by atoms with E-state index in [-0.39, 0.29) is 5.91 Å². The minimum atomic E-state index is 0.0960. The predicted molar refractivity (Wildman–Crippen MR) is 83.8 cm³/mol.